The Bertz CT molecular complexity index is 842. The van der Waals surface area contributed by atoms with Crippen molar-refractivity contribution in [2.75, 3.05) is 55.3 Å². The van der Waals surface area contributed by atoms with Crippen molar-refractivity contribution < 1.29 is 4.74 Å². The molecule has 4 rings (SSSR count). The number of ether oxygens (including phenoxy) is 1. The molecule has 2 aromatic carbocycles. The minimum atomic E-state index is 0.491. The molecule has 0 atom stereocenters. The van der Waals surface area contributed by atoms with Crippen molar-refractivity contribution >= 4 is 29.2 Å². The fourth-order valence-electron chi connectivity index (χ4n) is 3.20. The molecule has 0 aliphatic carbocycles. The Labute approximate surface area is 176 Å². The van der Waals surface area contributed by atoms with E-state index in [-0.39, 0.29) is 0 Å². The van der Waals surface area contributed by atoms with Crippen LogP contribution in [0.25, 0.3) is 0 Å². The van der Waals surface area contributed by atoms with Gasteiger partial charge in [-0.15, -0.1) is 0 Å². The first-order chi connectivity index (χ1) is 14.8. The van der Waals surface area contributed by atoms with E-state index < -0.39 is 0 Å². The zero-order valence-electron chi connectivity index (χ0n) is 16.9. The summed E-state index contributed by atoms with van der Waals surface area (Å²) in [6.45, 7) is 5.47. The van der Waals surface area contributed by atoms with Gasteiger partial charge in [0.15, 0.2) is 0 Å². The van der Waals surface area contributed by atoms with Gasteiger partial charge in [-0.25, -0.2) is 0 Å². The van der Waals surface area contributed by atoms with Gasteiger partial charge in [0.25, 0.3) is 0 Å². The summed E-state index contributed by atoms with van der Waals surface area (Å²) in [6.07, 6.45) is 1.01. The number of nitrogens with one attached hydrogen (secondary N) is 3. The standard InChI is InChI=1S/C22H27N7O/c1-3-8-18(9-4-1)24-21-26-20(23-12-7-13-29-14-16-30-17-15-29)27-22(28-21)25-19-10-5-2-6-11-19/h1-6,8-11H,7,12-17H2,(H3,23,24,25,26,27,28). The number of hydrogen-bond acceptors (Lipinski definition) is 8. The van der Waals surface area contributed by atoms with E-state index in [4.69, 9.17) is 4.74 Å². The third-order valence-electron chi connectivity index (χ3n) is 4.73. The SMILES string of the molecule is c1ccc(Nc2nc(NCCCN3CCOCC3)nc(Nc3ccccc3)n2)cc1. The lowest BCUT2D eigenvalue weighted by molar-refractivity contribution is 0.0378. The fourth-order valence-corrected chi connectivity index (χ4v) is 3.20. The van der Waals surface area contributed by atoms with Crippen molar-refractivity contribution in [1.29, 1.82) is 0 Å². The summed E-state index contributed by atoms with van der Waals surface area (Å²) in [5, 5.41) is 9.83. The van der Waals surface area contributed by atoms with E-state index in [1.165, 1.54) is 0 Å². The lowest BCUT2D eigenvalue weighted by atomic mass is 10.3. The van der Waals surface area contributed by atoms with Gasteiger partial charge in [-0.1, -0.05) is 36.4 Å². The predicted octanol–water partition coefficient (Wildman–Crippen LogP) is 3.49. The summed E-state index contributed by atoms with van der Waals surface area (Å²) in [7, 11) is 0. The Hall–Kier alpha value is -3.23. The molecule has 0 amide bonds. The second-order valence-electron chi connectivity index (χ2n) is 7.02. The third-order valence-corrected chi connectivity index (χ3v) is 4.73. The molecule has 156 valence electrons. The van der Waals surface area contributed by atoms with Crippen LogP contribution in [0.5, 0.6) is 0 Å². The number of morpholine rings is 1. The maximum atomic E-state index is 5.40. The lowest BCUT2D eigenvalue weighted by Gasteiger charge is -2.26. The second kappa shape index (κ2) is 10.5. The molecular weight excluding hydrogens is 378 g/mol. The largest absolute Gasteiger partial charge is 0.379 e. The summed E-state index contributed by atoms with van der Waals surface area (Å²) < 4.78 is 5.40. The number of nitrogens with zero attached hydrogens (tertiary/aromatic N) is 4. The van der Waals surface area contributed by atoms with Gasteiger partial charge in [0.2, 0.25) is 17.8 Å². The van der Waals surface area contributed by atoms with E-state index in [1.807, 2.05) is 60.7 Å². The van der Waals surface area contributed by atoms with Crippen LogP contribution < -0.4 is 16.0 Å². The summed E-state index contributed by atoms with van der Waals surface area (Å²) in [6, 6.07) is 19.7. The molecule has 1 aromatic heterocycles. The molecular formula is C22H27N7O. The van der Waals surface area contributed by atoms with Gasteiger partial charge in [0.05, 0.1) is 13.2 Å². The molecule has 3 aromatic rings. The summed E-state index contributed by atoms with van der Waals surface area (Å²) in [4.78, 5) is 16.0. The zero-order chi connectivity index (χ0) is 20.4. The highest BCUT2D eigenvalue weighted by atomic mass is 16.5. The molecule has 3 N–H and O–H groups in total. The van der Waals surface area contributed by atoms with E-state index in [0.29, 0.717) is 17.8 Å². The van der Waals surface area contributed by atoms with Gasteiger partial charge < -0.3 is 20.7 Å². The summed E-state index contributed by atoms with van der Waals surface area (Å²) in [5.74, 6) is 1.53. The molecule has 2 heterocycles. The van der Waals surface area contributed by atoms with E-state index in [9.17, 15) is 0 Å². The normalized spacial score (nSPS) is 14.3. The molecule has 30 heavy (non-hydrogen) atoms. The highest BCUT2D eigenvalue weighted by molar-refractivity contribution is 5.58. The van der Waals surface area contributed by atoms with E-state index in [0.717, 1.165) is 57.2 Å². The molecule has 1 saturated heterocycles. The number of anilines is 5. The molecule has 0 spiro atoms. The average Bonchev–Trinajstić information content (AvgIpc) is 2.79. The van der Waals surface area contributed by atoms with Crippen molar-refractivity contribution in [3.05, 3.63) is 60.7 Å². The average molecular weight is 406 g/mol. The van der Waals surface area contributed by atoms with Crippen LogP contribution >= 0.6 is 0 Å². The van der Waals surface area contributed by atoms with Gasteiger partial charge in [0.1, 0.15) is 0 Å². The number of hydrogen-bond donors (Lipinski definition) is 3. The lowest BCUT2D eigenvalue weighted by Crippen LogP contribution is -2.37. The van der Waals surface area contributed by atoms with Crippen LogP contribution in [-0.4, -0.2) is 59.2 Å². The summed E-state index contributed by atoms with van der Waals surface area (Å²) in [5.41, 5.74) is 1.85. The molecule has 0 bridgehead atoms. The van der Waals surface area contributed by atoms with Gasteiger partial charge in [-0.05, 0) is 37.2 Å². The Morgan fingerprint density at radius 3 is 1.83 bits per heavy atom. The number of para-hydroxylation sites is 2. The highest BCUT2D eigenvalue weighted by Gasteiger charge is 2.10. The first kappa shape index (κ1) is 20.1. The van der Waals surface area contributed by atoms with Crippen molar-refractivity contribution in [1.82, 2.24) is 19.9 Å². The van der Waals surface area contributed by atoms with Gasteiger partial charge in [-0.2, -0.15) is 15.0 Å². The van der Waals surface area contributed by atoms with Crippen LogP contribution in [0.1, 0.15) is 6.42 Å². The van der Waals surface area contributed by atoms with Crippen molar-refractivity contribution in [3.8, 4) is 0 Å². The number of benzene rings is 2. The van der Waals surface area contributed by atoms with Crippen LogP contribution in [0.3, 0.4) is 0 Å². The quantitative estimate of drug-likeness (QED) is 0.467. The van der Waals surface area contributed by atoms with Crippen LogP contribution in [0, 0.1) is 0 Å². The van der Waals surface area contributed by atoms with E-state index in [2.05, 4.69) is 35.8 Å². The van der Waals surface area contributed by atoms with Gasteiger partial charge in [0, 0.05) is 31.0 Å². The smallest absolute Gasteiger partial charge is 0.233 e. The highest BCUT2D eigenvalue weighted by Crippen LogP contribution is 2.18. The molecule has 0 saturated carbocycles. The Balaban J connectivity index is 1.42. The maximum Gasteiger partial charge on any atom is 0.233 e. The molecule has 0 radical (unpaired) electrons. The molecule has 8 nitrogen and oxygen atoms in total. The topological polar surface area (TPSA) is 87.2 Å². The second-order valence-corrected chi connectivity index (χ2v) is 7.02. The molecule has 8 heteroatoms. The molecule has 0 unspecified atom stereocenters. The van der Waals surface area contributed by atoms with Gasteiger partial charge in [-0.3, -0.25) is 4.90 Å². The number of aromatic nitrogens is 3. The third kappa shape index (κ3) is 6.13. The minimum Gasteiger partial charge on any atom is -0.379 e. The maximum absolute atomic E-state index is 5.40. The Morgan fingerprint density at radius 2 is 1.27 bits per heavy atom. The van der Waals surface area contributed by atoms with Crippen molar-refractivity contribution in [3.63, 3.8) is 0 Å². The first-order valence-corrected chi connectivity index (χ1v) is 10.3. The Kier molecular flexibility index (Phi) is 7.03. The van der Waals surface area contributed by atoms with Crippen LogP contribution in [-0.2, 0) is 4.74 Å². The monoisotopic (exact) mass is 405 g/mol. The zero-order valence-corrected chi connectivity index (χ0v) is 16.9. The van der Waals surface area contributed by atoms with Crippen LogP contribution in [0.15, 0.2) is 60.7 Å². The van der Waals surface area contributed by atoms with Crippen molar-refractivity contribution in [2.45, 2.75) is 6.42 Å². The molecule has 1 aliphatic heterocycles. The first-order valence-electron chi connectivity index (χ1n) is 10.3. The summed E-state index contributed by atoms with van der Waals surface area (Å²) >= 11 is 0. The van der Waals surface area contributed by atoms with Crippen LogP contribution in [0.2, 0.25) is 0 Å². The Morgan fingerprint density at radius 1 is 0.733 bits per heavy atom. The molecule has 1 fully saturated rings. The minimum absolute atomic E-state index is 0.491. The van der Waals surface area contributed by atoms with Crippen LogP contribution in [0.4, 0.5) is 29.2 Å². The predicted molar refractivity (Wildman–Crippen MR) is 120 cm³/mol. The van der Waals surface area contributed by atoms with Crippen molar-refractivity contribution in [2.24, 2.45) is 0 Å². The number of rotatable bonds is 9. The fraction of sp³-hybridized carbons (Fsp3) is 0.318. The van der Waals surface area contributed by atoms with E-state index >= 15 is 0 Å². The molecule has 1 aliphatic rings. The van der Waals surface area contributed by atoms with Gasteiger partial charge >= 0.3 is 0 Å². The van der Waals surface area contributed by atoms with E-state index in [1.54, 1.807) is 0 Å².